The van der Waals surface area contributed by atoms with Crippen molar-refractivity contribution >= 4 is 11.6 Å². The number of carbonyl (C=O) groups is 1. The number of rotatable bonds is 6. The van der Waals surface area contributed by atoms with Crippen LogP contribution >= 0.6 is 0 Å². The van der Waals surface area contributed by atoms with Crippen molar-refractivity contribution in [1.29, 1.82) is 0 Å². The fourth-order valence-electron chi connectivity index (χ4n) is 2.89. The number of amides is 1. The van der Waals surface area contributed by atoms with Crippen LogP contribution < -0.4 is 10.6 Å². The van der Waals surface area contributed by atoms with Gasteiger partial charge in [0.2, 0.25) is 0 Å². The fourth-order valence-corrected chi connectivity index (χ4v) is 2.89. The Morgan fingerprint density at radius 1 is 1.15 bits per heavy atom. The topological polar surface area (TPSA) is 89.7 Å². The highest BCUT2D eigenvalue weighted by atomic mass is 16.2. The van der Waals surface area contributed by atoms with Crippen LogP contribution in [0.25, 0.3) is 11.3 Å². The highest BCUT2D eigenvalue weighted by Crippen LogP contribution is 2.25. The van der Waals surface area contributed by atoms with Crippen molar-refractivity contribution in [3.8, 4) is 11.3 Å². The van der Waals surface area contributed by atoms with E-state index in [0.29, 0.717) is 18.8 Å². The molecule has 3 aromatic rings. The van der Waals surface area contributed by atoms with E-state index < -0.39 is 0 Å². The van der Waals surface area contributed by atoms with Crippen LogP contribution in [0, 0.1) is 13.8 Å². The Morgan fingerprint density at radius 2 is 1.96 bits per heavy atom. The van der Waals surface area contributed by atoms with Gasteiger partial charge in [-0.05, 0) is 32.0 Å². The van der Waals surface area contributed by atoms with Gasteiger partial charge >= 0.3 is 0 Å². The third-order valence-electron chi connectivity index (χ3n) is 4.28. The Balaban J connectivity index is 1.64. The van der Waals surface area contributed by atoms with Gasteiger partial charge in [-0.3, -0.25) is 19.1 Å². The van der Waals surface area contributed by atoms with Gasteiger partial charge in [-0.25, -0.2) is 0 Å². The summed E-state index contributed by atoms with van der Waals surface area (Å²) in [6.07, 6.45) is 3.46. The zero-order chi connectivity index (χ0) is 18.7. The van der Waals surface area contributed by atoms with Crippen LogP contribution in [0.3, 0.4) is 0 Å². The zero-order valence-corrected chi connectivity index (χ0v) is 15.4. The Labute approximate surface area is 152 Å². The summed E-state index contributed by atoms with van der Waals surface area (Å²) in [7, 11) is 3.67. The van der Waals surface area contributed by atoms with Crippen LogP contribution in [0.1, 0.15) is 21.9 Å². The van der Waals surface area contributed by atoms with Gasteiger partial charge < -0.3 is 10.6 Å². The molecule has 0 atom stereocenters. The molecule has 1 amide bonds. The van der Waals surface area contributed by atoms with Gasteiger partial charge in [-0.15, -0.1) is 0 Å². The molecule has 0 aliphatic rings. The first-order valence-corrected chi connectivity index (χ1v) is 8.44. The number of anilines is 1. The number of hydrogen-bond donors (Lipinski definition) is 2. The van der Waals surface area contributed by atoms with Gasteiger partial charge in [0.05, 0.1) is 17.1 Å². The molecule has 0 saturated carbocycles. The molecule has 0 unspecified atom stereocenters. The van der Waals surface area contributed by atoms with E-state index in [0.717, 1.165) is 28.3 Å². The number of aryl methyl sites for hydroxylation is 3. The quantitative estimate of drug-likeness (QED) is 0.658. The Morgan fingerprint density at radius 3 is 2.62 bits per heavy atom. The number of carbonyl (C=O) groups excluding carboxylic acids is 1. The van der Waals surface area contributed by atoms with E-state index in [1.165, 1.54) is 0 Å². The second kappa shape index (κ2) is 7.38. The largest absolute Gasteiger partial charge is 0.382 e. The summed E-state index contributed by atoms with van der Waals surface area (Å²) in [5, 5.41) is 15.0. The lowest BCUT2D eigenvalue weighted by molar-refractivity contribution is 0.0946. The van der Waals surface area contributed by atoms with Crippen molar-refractivity contribution in [2.45, 2.75) is 13.8 Å². The van der Waals surface area contributed by atoms with E-state index in [1.807, 2.05) is 37.7 Å². The van der Waals surface area contributed by atoms with Crippen LogP contribution in [-0.4, -0.2) is 43.5 Å². The predicted molar refractivity (Wildman–Crippen MR) is 99.9 cm³/mol. The molecule has 0 aliphatic carbocycles. The van der Waals surface area contributed by atoms with E-state index >= 15 is 0 Å². The van der Waals surface area contributed by atoms with Crippen LogP contribution in [-0.2, 0) is 14.1 Å². The van der Waals surface area contributed by atoms with Crippen LogP contribution in [0.15, 0.2) is 30.6 Å². The molecule has 136 valence electrons. The zero-order valence-electron chi connectivity index (χ0n) is 15.4. The van der Waals surface area contributed by atoms with Crippen molar-refractivity contribution < 1.29 is 4.79 Å². The van der Waals surface area contributed by atoms with Crippen molar-refractivity contribution in [2.75, 3.05) is 18.4 Å². The number of nitrogens with zero attached hydrogens (tertiary/aromatic N) is 5. The Bertz CT molecular complexity index is 911. The number of pyridine rings is 1. The summed E-state index contributed by atoms with van der Waals surface area (Å²) in [4.78, 5) is 16.5. The molecule has 0 radical (unpaired) electrons. The van der Waals surface area contributed by atoms with Gasteiger partial charge in [-0.1, -0.05) is 0 Å². The van der Waals surface area contributed by atoms with Crippen molar-refractivity contribution in [2.24, 2.45) is 14.1 Å². The van der Waals surface area contributed by atoms with Crippen molar-refractivity contribution in [1.82, 2.24) is 29.9 Å². The third kappa shape index (κ3) is 3.58. The number of nitrogens with one attached hydrogen (secondary N) is 2. The van der Waals surface area contributed by atoms with Gasteiger partial charge in [0.15, 0.2) is 0 Å². The molecule has 0 aromatic carbocycles. The number of aromatic nitrogens is 5. The normalized spacial score (nSPS) is 10.8. The molecule has 26 heavy (non-hydrogen) atoms. The first-order valence-electron chi connectivity index (χ1n) is 8.44. The molecular formula is C18H23N7O. The minimum Gasteiger partial charge on any atom is -0.382 e. The van der Waals surface area contributed by atoms with Gasteiger partial charge in [-0.2, -0.15) is 10.2 Å². The predicted octanol–water partition coefficient (Wildman–Crippen LogP) is 1.67. The first-order chi connectivity index (χ1) is 12.5. The van der Waals surface area contributed by atoms with E-state index in [1.54, 1.807) is 30.2 Å². The molecule has 8 heteroatoms. The van der Waals surface area contributed by atoms with Gasteiger partial charge in [0.25, 0.3) is 5.91 Å². The summed E-state index contributed by atoms with van der Waals surface area (Å²) in [5.74, 6) is -0.154. The minimum absolute atomic E-state index is 0.154. The molecule has 8 nitrogen and oxygen atoms in total. The summed E-state index contributed by atoms with van der Waals surface area (Å²) in [6, 6.07) is 5.60. The van der Waals surface area contributed by atoms with Crippen molar-refractivity contribution in [3.05, 3.63) is 47.7 Å². The molecule has 3 heterocycles. The van der Waals surface area contributed by atoms with E-state index in [9.17, 15) is 4.79 Å². The minimum atomic E-state index is -0.154. The number of hydrogen-bond acceptors (Lipinski definition) is 5. The molecule has 0 fully saturated rings. The maximum Gasteiger partial charge on any atom is 0.269 e. The lowest BCUT2D eigenvalue weighted by atomic mass is 10.1. The standard InChI is InChI=1S/C18H23N7O/c1-12-17(13(2)24(3)22-12)15-10-16(25(4)23-15)18(26)21-9-8-20-14-6-5-7-19-11-14/h5-7,10-11,20H,8-9H2,1-4H3,(H,21,26). The molecule has 3 rings (SSSR count). The highest BCUT2D eigenvalue weighted by Gasteiger charge is 2.18. The Kier molecular flexibility index (Phi) is 5.01. The van der Waals surface area contributed by atoms with E-state index in [2.05, 4.69) is 25.8 Å². The second-order valence-corrected chi connectivity index (χ2v) is 6.13. The molecule has 0 bridgehead atoms. The fraction of sp³-hybridized carbons (Fsp3) is 0.333. The second-order valence-electron chi connectivity index (χ2n) is 6.13. The van der Waals surface area contributed by atoms with Crippen LogP contribution in [0.5, 0.6) is 0 Å². The molecule has 3 aromatic heterocycles. The first kappa shape index (κ1) is 17.7. The molecule has 0 aliphatic heterocycles. The summed E-state index contributed by atoms with van der Waals surface area (Å²) >= 11 is 0. The average Bonchev–Trinajstić information content (AvgIpc) is 3.11. The molecular weight excluding hydrogens is 330 g/mol. The van der Waals surface area contributed by atoms with Crippen molar-refractivity contribution in [3.63, 3.8) is 0 Å². The summed E-state index contributed by atoms with van der Waals surface area (Å²) in [5.41, 5.74) is 5.09. The third-order valence-corrected chi connectivity index (χ3v) is 4.28. The Hall–Kier alpha value is -3.16. The van der Waals surface area contributed by atoms with Crippen LogP contribution in [0.2, 0.25) is 0 Å². The molecule has 0 spiro atoms. The highest BCUT2D eigenvalue weighted by molar-refractivity contribution is 5.93. The van der Waals surface area contributed by atoms with E-state index in [4.69, 9.17) is 0 Å². The monoisotopic (exact) mass is 353 g/mol. The smallest absolute Gasteiger partial charge is 0.269 e. The van der Waals surface area contributed by atoms with Gasteiger partial charge in [0, 0.05) is 50.8 Å². The van der Waals surface area contributed by atoms with Crippen LogP contribution in [0.4, 0.5) is 5.69 Å². The summed E-state index contributed by atoms with van der Waals surface area (Å²) in [6.45, 7) is 5.05. The lowest BCUT2D eigenvalue weighted by Crippen LogP contribution is -2.30. The molecule has 0 saturated heterocycles. The lowest BCUT2D eigenvalue weighted by Gasteiger charge is -2.07. The summed E-state index contributed by atoms with van der Waals surface area (Å²) < 4.78 is 3.42. The van der Waals surface area contributed by atoms with Gasteiger partial charge in [0.1, 0.15) is 5.69 Å². The van der Waals surface area contributed by atoms with E-state index in [-0.39, 0.29) is 5.91 Å². The maximum absolute atomic E-state index is 12.5. The maximum atomic E-state index is 12.5. The SMILES string of the molecule is Cc1nn(C)c(C)c1-c1cc(C(=O)NCCNc2cccnc2)n(C)n1. The molecule has 2 N–H and O–H groups in total. The average molecular weight is 353 g/mol.